The van der Waals surface area contributed by atoms with Crippen molar-refractivity contribution in [3.63, 3.8) is 0 Å². The van der Waals surface area contributed by atoms with Gasteiger partial charge in [-0.25, -0.2) is 0 Å². The van der Waals surface area contributed by atoms with Crippen molar-refractivity contribution in [3.05, 3.63) is 0 Å². The zero-order valence-corrected chi connectivity index (χ0v) is 149. The average Bonchev–Trinajstić information content (AvgIpc) is 3.37. The molecule has 0 heterocycles. The Hall–Kier alpha value is 41.7. The van der Waals surface area contributed by atoms with Gasteiger partial charge in [-0.05, 0) is 314 Å². The van der Waals surface area contributed by atoms with E-state index in [2.05, 4.69) is 411 Å². The summed E-state index contributed by atoms with van der Waals surface area (Å²) in [6.45, 7) is -21.6. The molecule has 0 fully saturated rings. The first-order valence-corrected chi connectivity index (χ1v) is 198. The minimum atomic E-state index is -0.648. The van der Waals surface area contributed by atoms with Crippen molar-refractivity contribution in [2.75, 3.05) is 0 Å². The maximum Gasteiger partial charge on any atom is -0.000000266 e. The van der Waals surface area contributed by atoms with Crippen molar-refractivity contribution >= 4 is 774 Å². The van der Waals surface area contributed by atoms with E-state index < -0.39 is 328 Å². The lowest BCUT2D eigenvalue weighted by molar-refractivity contribution is 4.29. The van der Waals surface area contributed by atoms with Crippen molar-refractivity contribution in [1.82, 2.24) is 0 Å². The second kappa shape index (κ2) is 76.3. The van der Waals surface area contributed by atoms with Crippen LogP contribution in [-0.2, 0) is 0 Å². The van der Waals surface area contributed by atoms with Crippen LogP contribution in [0.25, 0.3) is 0 Å². The van der Waals surface area contributed by atoms with Crippen LogP contribution in [0.3, 0.4) is 0 Å². The molecule has 0 N–H and O–H groups in total. The molecule has 0 aromatic carbocycles. The first kappa shape index (κ1) is 139. The normalized spacial score (nSPS) is 16.0. The highest BCUT2D eigenvalue weighted by atomic mass is 33.7. The zero-order valence-electron chi connectivity index (χ0n) is 49.6. The summed E-state index contributed by atoms with van der Waals surface area (Å²) in [5.74, 6) is 0. The highest BCUT2D eigenvalue weighted by molar-refractivity contribution is 9.60. The first-order valence-electron chi connectivity index (χ1n) is 22.0. The smallest absolute Gasteiger partial charge is 0.000000266 e. The molecule has 0 aliphatic heterocycles. The monoisotopic (exact) mass is 3100 g/mol. The fraction of sp³-hybridized carbons (Fsp3) is 0. The fourth-order valence-electron chi connectivity index (χ4n) is 5.93. The molecule has 0 aliphatic rings. The summed E-state index contributed by atoms with van der Waals surface area (Å²) in [5.41, 5.74) is 0. The van der Waals surface area contributed by atoms with Gasteiger partial charge in [0.25, 0.3) is 0 Å². The van der Waals surface area contributed by atoms with E-state index in [1.807, 2.05) is 0 Å². The molecule has 51 unspecified atom stereocenters. The highest BCUT2D eigenvalue weighted by Crippen LogP contribution is 3.54. The fourth-order valence-corrected chi connectivity index (χ4v) is 1440. The van der Waals surface area contributed by atoms with Crippen molar-refractivity contribution < 1.29 is 0 Å². The molecule has 0 saturated heterocycles. The van der Waals surface area contributed by atoms with Crippen LogP contribution in [-0.4, -0.2) is 0 Å². The van der Waals surface area contributed by atoms with E-state index in [4.69, 9.17) is 26.8 Å². The third-order valence-electron chi connectivity index (χ3n) is 8.57. The molecular weight excluding hydrogens is 3000 g/mol. The van der Waals surface area contributed by atoms with Gasteiger partial charge in [-0.15, -0.1) is 418 Å². The molecule has 0 amide bonds. The van der Waals surface area contributed by atoms with E-state index >= 15 is 0 Å². The molecule has 97 heteroatoms. The molecular formula is H96P97-3. The lowest BCUT2D eigenvalue weighted by Crippen LogP contribution is -1.77. The Bertz CT molecular complexity index is 1610. The number of rotatable bonds is 47. The summed E-state index contributed by atoms with van der Waals surface area (Å²) < 4.78 is 0. The second-order valence-corrected chi connectivity index (χ2v) is 415. The van der Waals surface area contributed by atoms with Crippen molar-refractivity contribution in [2.24, 2.45) is 0 Å². The maximum atomic E-state index is 4.78. The Morgan fingerprint density at radius 3 is 0.258 bits per heavy atom. The van der Waals surface area contributed by atoms with Crippen molar-refractivity contribution in [3.8, 4) is 0 Å². The Morgan fingerprint density at radius 2 is 0.196 bits per heavy atom. The number of hydrogen-bond donors (Lipinski definition) is 0. The standard InChI is InChI=1S/H96P97/c1-50-75(51(2)3)87(74(48)49)93(86(72(44)45)73(46)47)96(92(84(68(36)37)69(38)39)85(70(40)41)71(42)43)97(94(88(76(52(4)5)53(6)7)77(54(8)9)55(10)11)89(78(56(12)13)57(14)15)79(58(16)17)59(18)19)95(90(80(60(20)21)61(22)23)81(62(24)25)63(26)27)91(82(64(28)29)65(30)31)83(66(32)33)67(34)35/h1-3,50H,4-49H2/q-3. The quantitative estimate of drug-likeness (QED) is 0.0533. The summed E-state index contributed by atoms with van der Waals surface area (Å²) in [6, 6.07) is 0. The predicted octanol–water partition coefficient (Wildman–Crippen LogP) is 57.8. The average molecular weight is 3100 g/mol. The largest absolute Gasteiger partial charge is 0.553 e. The minimum absolute atomic E-state index is 0.414. The van der Waals surface area contributed by atoms with Gasteiger partial charge in [0, 0.05) is 0 Å². The van der Waals surface area contributed by atoms with E-state index in [1.165, 1.54) is 0 Å². The van der Waals surface area contributed by atoms with Crippen LogP contribution in [0.4, 0.5) is 0 Å². The summed E-state index contributed by atoms with van der Waals surface area (Å²) in [4.78, 5) is 0. The van der Waals surface area contributed by atoms with Crippen molar-refractivity contribution in [2.45, 2.75) is 0 Å². The molecule has 97 heavy (non-hydrogen) atoms. The van der Waals surface area contributed by atoms with Crippen LogP contribution in [0.1, 0.15) is 0 Å². The lowest BCUT2D eigenvalue weighted by Gasteiger charge is -2.64. The molecule has 0 saturated carbocycles. The summed E-state index contributed by atoms with van der Waals surface area (Å²) in [7, 11) is 189. The highest BCUT2D eigenvalue weighted by Gasteiger charge is 2.67. The van der Waals surface area contributed by atoms with Gasteiger partial charge in [-0.3, -0.25) is 7.96 Å². The van der Waals surface area contributed by atoms with E-state index in [1.54, 1.807) is 0 Å². The van der Waals surface area contributed by atoms with E-state index in [-0.39, 0.29) is 0 Å². The summed E-state index contributed by atoms with van der Waals surface area (Å²) >= 11 is 0. The van der Waals surface area contributed by atoms with Gasteiger partial charge >= 0.3 is 0 Å². The van der Waals surface area contributed by atoms with Crippen LogP contribution < -0.4 is 0 Å². The van der Waals surface area contributed by atoms with Gasteiger partial charge in [0.1, 0.15) is 0 Å². The first-order chi connectivity index (χ1) is 44.2. The molecule has 584 valence electrons. The van der Waals surface area contributed by atoms with E-state index in [0.717, 1.165) is 7.96 Å². The van der Waals surface area contributed by atoms with Gasteiger partial charge in [0.2, 0.25) is 0 Å². The Kier molecular flexibility index (Phi) is 109. The van der Waals surface area contributed by atoms with Gasteiger partial charge in [-0.1, -0.05) is 0 Å². The lowest BCUT2D eigenvalue weighted by atomic mass is 28.3. The topological polar surface area (TPSA) is 0 Å². The third-order valence-corrected chi connectivity index (χ3v) is 694. The summed E-state index contributed by atoms with van der Waals surface area (Å²) in [6.07, 6.45) is 0. The molecule has 0 bridgehead atoms. The number of hydrogen-bond acceptors (Lipinski definition) is 0. The van der Waals surface area contributed by atoms with Crippen LogP contribution >= 0.6 is 774 Å². The van der Waals surface area contributed by atoms with Crippen molar-refractivity contribution in [1.29, 1.82) is 0 Å². The molecule has 0 aromatic heterocycles. The van der Waals surface area contributed by atoms with Crippen LogP contribution in [0.2, 0.25) is 0 Å². The van der Waals surface area contributed by atoms with Crippen LogP contribution in [0.5, 0.6) is 0 Å². The van der Waals surface area contributed by atoms with Gasteiger partial charge in [-0.2, -0.15) is 0 Å². The van der Waals surface area contributed by atoms with Gasteiger partial charge in [0.15, 0.2) is 0 Å². The third kappa shape index (κ3) is 48.9. The molecule has 51 atom stereocenters. The molecule has 0 radical (unpaired) electrons. The predicted molar refractivity (Wildman–Crippen MR) is 805 cm³/mol. The van der Waals surface area contributed by atoms with E-state index in [9.17, 15) is 0 Å². The molecule has 0 spiro atoms. The maximum absolute atomic E-state index is 4.78. The Balaban J connectivity index is 14.4. The molecule has 0 rings (SSSR count). The Labute approximate surface area is 761 Å². The minimum Gasteiger partial charge on any atom is -0.553 e. The second-order valence-electron chi connectivity index (χ2n) is 15.4. The summed E-state index contributed by atoms with van der Waals surface area (Å²) in [5, 5.41) is 0. The Morgan fingerprint density at radius 1 is 0.124 bits per heavy atom. The van der Waals surface area contributed by atoms with E-state index in [0.29, 0.717) is 0 Å². The molecule has 0 aliphatic carbocycles. The zero-order chi connectivity index (χ0) is 76.8. The van der Waals surface area contributed by atoms with Crippen LogP contribution in [0, 0.1) is 0 Å². The molecule has 0 aromatic rings. The van der Waals surface area contributed by atoms with Gasteiger partial charge in [0.05, 0.1) is 0 Å². The van der Waals surface area contributed by atoms with Crippen LogP contribution in [0.15, 0.2) is 0 Å². The SMILES string of the molecule is [PH-]PP(P([PH-])[PH-])P(P(P)P)P(P(P(P)P)P(P)P)P(P(P(P(P)P)P(P)P)P(P(P)P)P(P)P)P(P(P(P(P(P)P)P(P)P)P(P(P)P)P(P)P)P(P(P(P)P)P(P)P)P(P(P)P)P(P)P)P(P(P(P(P)P)P(P)P)P(P(P)P)P(P)P)P(P(P(P)P)P(P)P)P(P(P)P)P(P)P. The molecule has 0 nitrogen and oxygen atoms in total. The van der Waals surface area contributed by atoms with Gasteiger partial charge < -0.3 is 33.8 Å².